The Morgan fingerprint density at radius 3 is 2.35 bits per heavy atom. The molecule has 0 spiro atoms. The van der Waals surface area contributed by atoms with Crippen molar-refractivity contribution in [2.24, 2.45) is 0 Å². The minimum Gasteiger partial charge on any atom is -0.497 e. The molecule has 1 aliphatic heterocycles. The van der Waals surface area contributed by atoms with Crippen molar-refractivity contribution in [2.75, 3.05) is 38.2 Å². The van der Waals surface area contributed by atoms with Crippen LogP contribution in [0.15, 0.2) is 48.5 Å². The lowest BCUT2D eigenvalue weighted by Gasteiger charge is -2.36. The summed E-state index contributed by atoms with van der Waals surface area (Å²) in [6.07, 6.45) is 0. The summed E-state index contributed by atoms with van der Waals surface area (Å²) in [6.45, 7) is 4.86. The molecule has 3 rings (SSSR count). The minimum atomic E-state index is 0.782. The Balaban J connectivity index is 1.59. The van der Waals surface area contributed by atoms with E-state index >= 15 is 0 Å². The van der Waals surface area contributed by atoms with E-state index in [9.17, 15) is 5.26 Å². The molecule has 23 heavy (non-hydrogen) atoms. The van der Waals surface area contributed by atoms with E-state index in [1.165, 1.54) is 5.69 Å². The van der Waals surface area contributed by atoms with Crippen LogP contribution in [0.1, 0.15) is 11.1 Å². The van der Waals surface area contributed by atoms with Gasteiger partial charge in [0.1, 0.15) is 5.75 Å². The highest BCUT2D eigenvalue weighted by atomic mass is 16.5. The van der Waals surface area contributed by atoms with E-state index in [4.69, 9.17) is 4.74 Å². The van der Waals surface area contributed by atoms with E-state index in [-0.39, 0.29) is 0 Å². The van der Waals surface area contributed by atoms with Crippen molar-refractivity contribution in [1.82, 2.24) is 4.90 Å². The molecule has 0 unspecified atom stereocenters. The SMILES string of the molecule is COc1ccc(N2CCN(Cc3ccccc3C#N)CC2)cc1. The van der Waals surface area contributed by atoms with Crippen LogP contribution in [-0.2, 0) is 6.54 Å². The predicted molar refractivity (Wildman–Crippen MR) is 91.6 cm³/mol. The lowest BCUT2D eigenvalue weighted by atomic mass is 10.1. The molecule has 2 aromatic carbocycles. The summed E-state index contributed by atoms with van der Waals surface area (Å²) in [4.78, 5) is 4.81. The molecule has 2 aromatic rings. The van der Waals surface area contributed by atoms with Gasteiger partial charge in [0.2, 0.25) is 0 Å². The van der Waals surface area contributed by atoms with Gasteiger partial charge in [0, 0.05) is 38.4 Å². The molecule has 1 heterocycles. The van der Waals surface area contributed by atoms with E-state index in [2.05, 4.69) is 34.1 Å². The van der Waals surface area contributed by atoms with Gasteiger partial charge in [-0.2, -0.15) is 5.26 Å². The van der Waals surface area contributed by atoms with Crippen molar-refractivity contribution < 1.29 is 4.74 Å². The van der Waals surface area contributed by atoms with Crippen LogP contribution in [0.3, 0.4) is 0 Å². The van der Waals surface area contributed by atoms with Crippen molar-refractivity contribution in [3.8, 4) is 11.8 Å². The molecular formula is C19H21N3O. The zero-order valence-electron chi connectivity index (χ0n) is 13.4. The van der Waals surface area contributed by atoms with Gasteiger partial charge in [-0.25, -0.2) is 0 Å². The van der Waals surface area contributed by atoms with Gasteiger partial charge in [-0.3, -0.25) is 4.90 Å². The number of rotatable bonds is 4. The fourth-order valence-corrected chi connectivity index (χ4v) is 2.97. The number of ether oxygens (including phenoxy) is 1. The van der Waals surface area contributed by atoms with Crippen LogP contribution in [0.4, 0.5) is 5.69 Å². The summed E-state index contributed by atoms with van der Waals surface area (Å²) in [5.74, 6) is 0.889. The lowest BCUT2D eigenvalue weighted by Crippen LogP contribution is -2.46. The normalized spacial score (nSPS) is 15.2. The second-order valence-corrected chi connectivity index (χ2v) is 5.73. The Bertz CT molecular complexity index is 683. The zero-order valence-corrected chi connectivity index (χ0v) is 13.4. The number of benzene rings is 2. The maximum absolute atomic E-state index is 9.19. The molecule has 1 fully saturated rings. The summed E-state index contributed by atoms with van der Waals surface area (Å²) >= 11 is 0. The largest absolute Gasteiger partial charge is 0.497 e. The van der Waals surface area contributed by atoms with E-state index in [1.807, 2.05) is 30.3 Å². The second-order valence-electron chi connectivity index (χ2n) is 5.73. The van der Waals surface area contributed by atoms with Crippen molar-refractivity contribution in [3.63, 3.8) is 0 Å². The summed E-state index contributed by atoms with van der Waals surface area (Å²) < 4.78 is 5.21. The molecule has 1 aliphatic rings. The highest BCUT2D eigenvalue weighted by molar-refractivity contribution is 5.49. The van der Waals surface area contributed by atoms with E-state index in [1.54, 1.807) is 7.11 Å². The van der Waals surface area contributed by atoms with Gasteiger partial charge in [-0.1, -0.05) is 18.2 Å². The molecular weight excluding hydrogens is 286 g/mol. The standard InChI is InChI=1S/C19H21N3O/c1-23-19-8-6-18(7-9-19)22-12-10-21(11-13-22)15-17-5-3-2-4-16(17)14-20/h2-9H,10-13,15H2,1H3. The highest BCUT2D eigenvalue weighted by Gasteiger charge is 2.18. The summed E-state index contributed by atoms with van der Waals surface area (Å²) in [5, 5.41) is 9.19. The number of nitrogens with zero attached hydrogens (tertiary/aromatic N) is 3. The third kappa shape index (κ3) is 3.64. The summed E-state index contributed by atoms with van der Waals surface area (Å²) in [7, 11) is 1.69. The van der Waals surface area contributed by atoms with E-state index in [0.29, 0.717) is 0 Å². The fourth-order valence-electron chi connectivity index (χ4n) is 2.97. The number of piperazine rings is 1. The number of anilines is 1. The lowest BCUT2D eigenvalue weighted by molar-refractivity contribution is 0.249. The van der Waals surface area contributed by atoms with Crippen molar-refractivity contribution in [2.45, 2.75) is 6.54 Å². The van der Waals surface area contributed by atoms with Gasteiger partial charge in [0.15, 0.2) is 0 Å². The molecule has 4 nitrogen and oxygen atoms in total. The van der Waals surface area contributed by atoms with Gasteiger partial charge >= 0.3 is 0 Å². The first-order chi connectivity index (χ1) is 11.3. The average Bonchev–Trinajstić information content (AvgIpc) is 2.63. The molecule has 4 heteroatoms. The minimum absolute atomic E-state index is 0.782. The molecule has 0 N–H and O–H groups in total. The average molecular weight is 307 g/mol. The van der Waals surface area contributed by atoms with Gasteiger partial charge in [0.25, 0.3) is 0 Å². The maximum atomic E-state index is 9.19. The van der Waals surface area contributed by atoms with Crippen LogP contribution < -0.4 is 9.64 Å². The van der Waals surface area contributed by atoms with Gasteiger partial charge in [-0.05, 0) is 35.9 Å². The topological polar surface area (TPSA) is 39.5 Å². The van der Waals surface area contributed by atoms with Gasteiger partial charge < -0.3 is 9.64 Å². The van der Waals surface area contributed by atoms with Crippen LogP contribution >= 0.6 is 0 Å². The van der Waals surface area contributed by atoms with E-state index < -0.39 is 0 Å². The van der Waals surface area contributed by atoms with Gasteiger partial charge in [-0.15, -0.1) is 0 Å². The monoisotopic (exact) mass is 307 g/mol. The van der Waals surface area contributed by atoms with Gasteiger partial charge in [0.05, 0.1) is 18.7 Å². The quantitative estimate of drug-likeness (QED) is 0.871. The third-order valence-corrected chi connectivity index (χ3v) is 4.34. The first-order valence-electron chi connectivity index (χ1n) is 7.89. The Labute approximate surface area is 137 Å². The molecule has 0 radical (unpaired) electrons. The van der Waals surface area contributed by atoms with Crippen LogP contribution in [0, 0.1) is 11.3 Å². The highest BCUT2D eigenvalue weighted by Crippen LogP contribution is 2.21. The Hall–Kier alpha value is -2.51. The molecule has 1 saturated heterocycles. The second kappa shape index (κ2) is 7.17. The molecule has 0 atom stereocenters. The van der Waals surface area contributed by atoms with Crippen LogP contribution in [0.2, 0.25) is 0 Å². The number of methoxy groups -OCH3 is 1. The maximum Gasteiger partial charge on any atom is 0.119 e. The van der Waals surface area contributed by atoms with Crippen molar-refractivity contribution >= 4 is 5.69 Å². The molecule has 0 amide bonds. The Kier molecular flexibility index (Phi) is 4.80. The zero-order chi connectivity index (χ0) is 16.1. The Morgan fingerprint density at radius 2 is 1.70 bits per heavy atom. The molecule has 0 aliphatic carbocycles. The Morgan fingerprint density at radius 1 is 1.00 bits per heavy atom. The van der Waals surface area contributed by atoms with E-state index in [0.717, 1.165) is 49.6 Å². The fraction of sp³-hybridized carbons (Fsp3) is 0.316. The molecule has 118 valence electrons. The van der Waals surface area contributed by atoms with Crippen LogP contribution in [-0.4, -0.2) is 38.2 Å². The van der Waals surface area contributed by atoms with Crippen molar-refractivity contribution in [3.05, 3.63) is 59.7 Å². The molecule has 0 aromatic heterocycles. The smallest absolute Gasteiger partial charge is 0.119 e. The van der Waals surface area contributed by atoms with Crippen molar-refractivity contribution in [1.29, 1.82) is 5.26 Å². The summed E-state index contributed by atoms with van der Waals surface area (Å²) in [6, 6.07) is 18.4. The number of nitriles is 1. The first kappa shape index (κ1) is 15.4. The molecule has 0 saturated carbocycles. The summed E-state index contributed by atoms with van der Waals surface area (Å²) in [5.41, 5.74) is 3.14. The predicted octanol–water partition coefficient (Wildman–Crippen LogP) is 2.89. The molecule has 0 bridgehead atoms. The number of hydrogen-bond acceptors (Lipinski definition) is 4. The van der Waals surface area contributed by atoms with Crippen LogP contribution in [0.5, 0.6) is 5.75 Å². The van der Waals surface area contributed by atoms with Crippen LogP contribution in [0.25, 0.3) is 0 Å². The third-order valence-electron chi connectivity index (χ3n) is 4.34. The first-order valence-corrected chi connectivity index (χ1v) is 7.89. The number of hydrogen-bond donors (Lipinski definition) is 0.